The smallest absolute Gasteiger partial charge is 0.160 e. The van der Waals surface area contributed by atoms with Gasteiger partial charge in [-0.15, -0.1) is 11.6 Å². The molecule has 0 saturated heterocycles. The maximum Gasteiger partial charge on any atom is 0.160 e. The van der Waals surface area contributed by atoms with E-state index in [1.165, 1.54) is 12.5 Å². The minimum Gasteiger partial charge on any atom is -0.311 e. The van der Waals surface area contributed by atoms with E-state index in [-0.39, 0.29) is 6.54 Å². The maximum absolute atomic E-state index is 11.9. The highest BCUT2D eigenvalue weighted by atomic mass is 35.5. The number of sulfone groups is 1. The second kappa shape index (κ2) is 5.74. The molecule has 0 atom stereocenters. The van der Waals surface area contributed by atoms with E-state index in [2.05, 4.69) is 9.97 Å². The summed E-state index contributed by atoms with van der Waals surface area (Å²) < 4.78 is 24.8. The molecule has 0 bridgehead atoms. The SMILES string of the molecule is CC(C)(Cn1c(CCCl)nc2cc(Cl)cnc21)S(C)(=O)=O. The van der Waals surface area contributed by atoms with E-state index >= 15 is 0 Å². The summed E-state index contributed by atoms with van der Waals surface area (Å²) in [7, 11) is -3.22. The van der Waals surface area contributed by atoms with Crippen molar-refractivity contribution in [3.05, 3.63) is 23.1 Å². The van der Waals surface area contributed by atoms with Crippen LogP contribution in [-0.4, -0.2) is 39.8 Å². The Kier molecular flexibility index (Phi) is 4.52. The van der Waals surface area contributed by atoms with Gasteiger partial charge in [0, 0.05) is 31.3 Å². The molecule has 0 spiro atoms. The third-order valence-corrected chi connectivity index (χ3v) is 6.02. The molecule has 2 aromatic rings. The molecule has 0 amide bonds. The monoisotopic (exact) mass is 349 g/mol. The number of imidazole rings is 1. The standard InChI is InChI=1S/C13H17Cl2N3O2S/c1-13(2,21(3,19)20)8-18-11(4-5-14)17-10-6-9(15)7-16-12(10)18/h6-7H,4-5,8H2,1-3H3. The molecule has 0 saturated carbocycles. The van der Waals surface area contributed by atoms with Gasteiger partial charge in [-0.3, -0.25) is 0 Å². The highest BCUT2D eigenvalue weighted by Gasteiger charge is 2.32. The molecule has 0 aliphatic heterocycles. The van der Waals surface area contributed by atoms with Gasteiger partial charge in [0.1, 0.15) is 11.3 Å². The maximum atomic E-state index is 11.9. The first-order valence-electron chi connectivity index (χ1n) is 6.42. The van der Waals surface area contributed by atoms with E-state index in [9.17, 15) is 8.42 Å². The van der Waals surface area contributed by atoms with Crippen molar-refractivity contribution in [3.8, 4) is 0 Å². The zero-order valence-electron chi connectivity index (χ0n) is 12.1. The van der Waals surface area contributed by atoms with E-state index in [4.69, 9.17) is 23.2 Å². The normalized spacial score (nSPS) is 13.0. The second-order valence-electron chi connectivity index (χ2n) is 5.58. The predicted molar refractivity (Wildman–Crippen MR) is 85.9 cm³/mol. The average Bonchev–Trinajstić information content (AvgIpc) is 2.65. The third-order valence-electron chi connectivity index (χ3n) is 3.49. The molecule has 0 aliphatic rings. The van der Waals surface area contributed by atoms with E-state index in [0.29, 0.717) is 34.3 Å². The Hall–Kier alpha value is -0.850. The van der Waals surface area contributed by atoms with Crippen molar-refractivity contribution < 1.29 is 8.42 Å². The molecule has 0 aliphatic carbocycles. The summed E-state index contributed by atoms with van der Waals surface area (Å²) in [4.78, 5) is 8.75. The molecule has 0 aromatic carbocycles. The number of aromatic nitrogens is 3. The number of hydrogen-bond acceptors (Lipinski definition) is 4. The van der Waals surface area contributed by atoms with Crippen LogP contribution in [0.15, 0.2) is 12.3 Å². The van der Waals surface area contributed by atoms with Crippen LogP contribution in [0.5, 0.6) is 0 Å². The summed E-state index contributed by atoms with van der Waals surface area (Å²) in [6.45, 7) is 3.65. The Morgan fingerprint density at radius 2 is 2.05 bits per heavy atom. The van der Waals surface area contributed by atoms with E-state index in [1.54, 1.807) is 19.9 Å². The first-order chi connectivity index (χ1) is 9.65. The number of fused-ring (bicyclic) bond motifs is 1. The van der Waals surface area contributed by atoms with Gasteiger partial charge in [-0.25, -0.2) is 18.4 Å². The number of aryl methyl sites for hydroxylation is 1. The second-order valence-corrected chi connectivity index (χ2v) is 9.05. The third kappa shape index (κ3) is 3.33. The summed E-state index contributed by atoms with van der Waals surface area (Å²) in [6.07, 6.45) is 3.30. The van der Waals surface area contributed by atoms with Crippen molar-refractivity contribution in [1.29, 1.82) is 0 Å². The van der Waals surface area contributed by atoms with Crippen molar-refractivity contribution in [2.45, 2.75) is 31.6 Å². The van der Waals surface area contributed by atoms with E-state index in [0.717, 1.165) is 0 Å². The Morgan fingerprint density at radius 1 is 1.38 bits per heavy atom. The first kappa shape index (κ1) is 16.5. The van der Waals surface area contributed by atoms with Gasteiger partial charge in [0.25, 0.3) is 0 Å². The van der Waals surface area contributed by atoms with Crippen molar-refractivity contribution in [1.82, 2.24) is 14.5 Å². The van der Waals surface area contributed by atoms with Crippen molar-refractivity contribution in [3.63, 3.8) is 0 Å². The van der Waals surface area contributed by atoms with Gasteiger partial charge in [-0.05, 0) is 19.9 Å². The number of hydrogen-bond donors (Lipinski definition) is 0. The van der Waals surface area contributed by atoms with Crippen LogP contribution in [0.3, 0.4) is 0 Å². The molecule has 0 fully saturated rings. The van der Waals surface area contributed by atoms with Gasteiger partial charge >= 0.3 is 0 Å². The Balaban J connectivity index is 2.58. The lowest BCUT2D eigenvalue weighted by molar-refractivity contribution is 0.499. The molecule has 0 radical (unpaired) electrons. The molecule has 8 heteroatoms. The first-order valence-corrected chi connectivity index (χ1v) is 9.22. The van der Waals surface area contributed by atoms with Crippen LogP contribution in [0.25, 0.3) is 11.2 Å². The predicted octanol–water partition coefficient (Wildman–Crippen LogP) is 2.69. The Bertz CT molecular complexity index is 769. The molecule has 2 heterocycles. The quantitative estimate of drug-likeness (QED) is 0.778. The van der Waals surface area contributed by atoms with E-state index < -0.39 is 14.6 Å². The fourth-order valence-corrected chi connectivity index (χ4v) is 2.66. The molecule has 2 rings (SSSR count). The zero-order chi connectivity index (χ0) is 15.8. The van der Waals surface area contributed by atoms with Gasteiger partial charge in [0.15, 0.2) is 15.5 Å². The Morgan fingerprint density at radius 3 is 2.62 bits per heavy atom. The average molecular weight is 350 g/mol. The largest absolute Gasteiger partial charge is 0.311 e. The molecule has 2 aromatic heterocycles. The molecule has 0 N–H and O–H groups in total. The molecule has 0 unspecified atom stereocenters. The van der Waals surface area contributed by atoms with Gasteiger partial charge in [0.2, 0.25) is 0 Å². The van der Waals surface area contributed by atoms with Gasteiger partial charge in [-0.1, -0.05) is 11.6 Å². The van der Waals surface area contributed by atoms with Crippen LogP contribution < -0.4 is 0 Å². The minimum atomic E-state index is -3.22. The van der Waals surface area contributed by atoms with Crippen LogP contribution in [0.4, 0.5) is 0 Å². The van der Waals surface area contributed by atoms with Crippen LogP contribution in [0.1, 0.15) is 19.7 Å². The number of alkyl halides is 1. The van der Waals surface area contributed by atoms with Gasteiger partial charge < -0.3 is 4.57 Å². The zero-order valence-corrected chi connectivity index (χ0v) is 14.4. The summed E-state index contributed by atoms with van der Waals surface area (Å²) in [5.41, 5.74) is 1.27. The van der Waals surface area contributed by atoms with Crippen LogP contribution in [-0.2, 0) is 22.8 Å². The summed E-state index contributed by atoms with van der Waals surface area (Å²) in [6, 6.07) is 1.71. The minimum absolute atomic E-state index is 0.267. The topological polar surface area (TPSA) is 64.8 Å². The summed E-state index contributed by atoms with van der Waals surface area (Å²) in [5.74, 6) is 1.11. The summed E-state index contributed by atoms with van der Waals surface area (Å²) in [5, 5.41) is 0.493. The van der Waals surface area contributed by atoms with E-state index in [1.807, 2.05) is 4.57 Å². The van der Waals surface area contributed by atoms with Gasteiger partial charge in [0.05, 0.1) is 9.77 Å². The lowest BCUT2D eigenvalue weighted by Crippen LogP contribution is -2.36. The highest BCUT2D eigenvalue weighted by molar-refractivity contribution is 7.92. The molecule has 116 valence electrons. The van der Waals surface area contributed by atoms with Crippen molar-refractivity contribution in [2.75, 3.05) is 12.1 Å². The Labute approximate surface area is 134 Å². The lowest BCUT2D eigenvalue weighted by atomic mass is 10.2. The fourth-order valence-electron chi connectivity index (χ4n) is 1.97. The summed E-state index contributed by atoms with van der Waals surface area (Å²) >= 11 is 11.7. The number of halogens is 2. The highest BCUT2D eigenvalue weighted by Crippen LogP contribution is 2.24. The molecular weight excluding hydrogens is 333 g/mol. The van der Waals surface area contributed by atoms with Crippen LogP contribution in [0, 0.1) is 0 Å². The molecule has 5 nitrogen and oxygen atoms in total. The number of rotatable bonds is 5. The van der Waals surface area contributed by atoms with Gasteiger partial charge in [-0.2, -0.15) is 0 Å². The lowest BCUT2D eigenvalue weighted by Gasteiger charge is -2.24. The van der Waals surface area contributed by atoms with Crippen LogP contribution >= 0.6 is 23.2 Å². The van der Waals surface area contributed by atoms with Crippen LogP contribution in [0.2, 0.25) is 5.02 Å². The molecular formula is C13H17Cl2N3O2S. The number of nitrogens with zero attached hydrogens (tertiary/aromatic N) is 3. The van der Waals surface area contributed by atoms with Crippen molar-refractivity contribution in [2.24, 2.45) is 0 Å². The van der Waals surface area contributed by atoms with Crippen molar-refractivity contribution >= 4 is 44.2 Å². The fraction of sp³-hybridized carbons (Fsp3) is 0.538. The number of pyridine rings is 1. The molecule has 21 heavy (non-hydrogen) atoms.